The number of aryl methyl sites for hydroxylation is 1. The zero-order valence-corrected chi connectivity index (χ0v) is 10.2. The smallest absolute Gasteiger partial charge is 0.133 e. The zero-order chi connectivity index (χ0) is 12.4. The number of para-hydroxylation sites is 1. The monoisotopic (exact) mass is 240 g/mol. The largest absolute Gasteiger partial charge is 0.392 e. The summed E-state index contributed by atoms with van der Waals surface area (Å²) in [7, 11) is 0. The molecule has 0 spiro atoms. The molecule has 3 nitrogen and oxygen atoms in total. The van der Waals surface area contributed by atoms with Crippen molar-refractivity contribution in [2.24, 2.45) is 0 Å². The fraction of sp³-hybridized carbons (Fsp3) is 0.267. The molecule has 2 aromatic rings. The van der Waals surface area contributed by atoms with Gasteiger partial charge in [-0.25, -0.2) is 4.98 Å². The number of benzene rings is 1. The molecule has 0 atom stereocenters. The van der Waals surface area contributed by atoms with Gasteiger partial charge in [0.25, 0.3) is 0 Å². The van der Waals surface area contributed by atoms with Crippen molar-refractivity contribution in [1.29, 1.82) is 0 Å². The second kappa shape index (κ2) is 4.78. The predicted molar refractivity (Wildman–Crippen MR) is 71.9 cm³/mol. The quantitative estimate of drug-likeness (QED) is 0.876. The highest BCUT2D eigenvalue weighted by Crippen LogP contribution is 2.32. The minimum atomic E-state index is 0.0605. The van der Waals surface area contributed by atoms with Gasteiger partial charge in [-0.1, -0.05) is 18.2 Å². The summed E-state index contributed by atoms with van der Waals surface area (Å²) in [5.74, 6) is 0.925. The van der Waals surface area contributed by atoms with Gasteiger partial charge >= 0.3 is 0 Å². The van der Waals surface area contributed by atoms with E-state index in [1.165, 1.54) is 11.3 Å². The van der Waals surface area contributed by atoms with Crippen LogP contribution in [0.4, 0.5) is 11.5 Å². The Labute approximate surface area is 107 Å². The second-order valence-corrected chi connectivity index (χ2v) is 4.56. The third-order valence-corrected chi connectivity index (χ3v) is 3.38. The van der Waals surface area contributed by atoms with Crippen LogP contribution in [0.25, 0.3) is 0 Å². The van der Waals surface area contributed by atoms with Gasteiger partial charge in [-0.2, -0.15) is 0 Å². The van der Waals surface area contributed by atoms with Crippen molar-refractivity contribution in [3.63, 3.8) is 0 Å². The second-order valence-electron chi connectivity index (χ2n) is 4.56. The lowest BCUT2D eigenvalue weighted by molar-refractivity contribution is 0.281. The first-order chi connectivity index (χ1) is 8.88. The Balaban J connectivity index is 2.02. The number of pyridine rings is 1. The predicted octanol–water partition coefficient (Wildman–Crippen LogP) is 2.66. The van der Waals surface area contributed by atoms with Crippen LogP contribution in [0.15, 0.2) is 42.6 Å². The Morgan fingerprint density at radius 1 is 1.22 bits per heavy atom. The molecule has 2 heterocycles. The summed E-state index contributed by atoms with van der Waals surface area (Å²) in [6, 6.07) is 12.3. The van der Waals surface area contributed by atoms with Crippen molar-refractivity contribution >= 4 is 11.5 Å². The number of fused-ring (bicyclic) bond motifs is 1. The van der Waals surface area contributed by atoms with Crippen LogP contribution in [-0.2, 0) is 13.0 Å². The van der Waals surface area contributed by atoms with Crippen molar-refractivity contribution in [2.45, 2.75) is 19.4 Å². The van der Waals surface area contributed by atoms with Crippen LogP contribution >= 0.6 is 0 Å². The summed E-state index contributed by atoms with van der Waals surface area (Å²) in [4.78, 5) is 6.66. The highest BCUT2D eigenvalue weighted by molar-refractivity contribution is 5.65. The van der Waals surface area contributed by atoms with Crippen LogP contribution in [0, 0.1) is 0 Å². The topological polar surface area (TPSA) is 36.4 Å². The van der Waals surface area contributed by atoms with Crippen LogP contribution < -0.4 is 4.90 Å². The van der Waals surface area contributed by atoms with E-state index in [9.17, 15) is 5.11 Å². The number of aromatic nitrogens is 1. The molecule has 1 aliphatic heterocycles. The molecule has 0 saturated carbocycles. The van der Waals surface area contributed by atoms with Gasteiger partial charge in [0.05, 0.1) is 6.61 Å². The van der Waals surface area contributed by atoms with E-state index in [1.807, 2.05) is 12.1 Å². The number of aliphatic hydroxyl groups excluding tert-OH is 1. The Morgan fingerprint density at radius 3 is 3.00 bits per heavy atom. The molecular formula is C15H16N2O. The molecule has 0 fully saturated rings. The molecule has 1 aliphatic rings. The first kappa shape index (κ1) is 11.2. The molecule has 0 bridgehead atoms. The van der Waals surface area contributed by atoms with Crippen LogP contribution in [0.3, 0.4) is 0 Å². The standard InChI is InChI=1S/C15H16N2O/c18-11-12-7-8-16-15(10-12)17-9-3-5-13-4-1-2-6-14(13)17/h1-2,4,6-8,10,18H,3,5,9,11H2. The molecule has 92 valence electrons. The van der Waals surface area contributed by atoms with E-state index >= 15 is 0 Å². The number of rotatable bonds is 2. The van der Waals surface area contributed by atoms with Gasteiger partial charge in [0.2, 0.25) is 0 Å². The van der Waals surface area contributed by atoms with Gasteiger partial charge in [-0.15, -0.1) is 0 Å². The maximum absolute atomic E-state index is 9.21. The first-order valence-corrected chi connectivity index (χ1v) is 6.30. The molecule has 3 heteroatoms. The molecule has 0 amide bonds. The van der Waals surface area contributed by atoms with Gasteiger partial charge < -0.3 is 10.0 Å². The van der Waals surface area contributed by atoms with Crippen LogP contribution in [-0.4, -0.2) is 16.6 Å². The van der Waals surface area contributed by atoms with Crippen LogP contribution in [0.5, 0.6) is 0 Å². The lowest BCUT2D eigenvalue weighted by Gasteiger charge is -2.30. The molecule has 1 N–H and O–H groups in total. The van der Waals surface area contributed by atoms with Gasteiger partial charge in [0, 0.05) is 18.4 Å². The molecule has 3 rings (SSSR count). The van der Waals surface area contributed by atoms with Crippen molar-refractivity contribution in [1.82, 2.24) is 4.98 Å². The molecule has 1 aromatic heterocycles. The number of anilines is 2. The summed E-state index contributed by atoms with van der Waals surface area (Å²) in [5, 5.41) is 9.21. The molecule has 0 unspecified atom stereocenters. The Hall–Kier alpha value is -1.87. The number of nitrogens with zero attached hydrogens (tertiary/aromatic N) is 2. The van der Waals surface area contributed by atoms with E-state index in [2.05, 4.69) is 34.1 Å². The average molecular weight is 240 g/mol. The lowest BCUT2D eigenvalue weighted by atomic mass is 10.0. The summed E-state index contributed by atoms with van der Waals surface area (Å²) in [6.07, 6.45) is 4.03. The zero-order valence-electron chi connectivity index (χ0n) is 10.2. The Bertz CT molecular complexity index is 554. The maximum atomic E-state index is 9.21. The van der Waals surface area contributed by atoms with Gasteiger partial charge in [0.1, 0.15) is 5.82 Å². The molecule has 0 saturated heterocycles. The minimum absolute atomic E-state index is 0.0605. The summed E-state index contributed by atoms with van der Waals surface area (Å²) in [5.41, 5.74) is 3.52. The molecule has 0 radical (unpaired) electrons. The molecule has 0 aliphatic carbocycles. The highest BCUT2D eigenvalue weighted by atomic mass is 16.3. The highest BCUT2D eigenvalue weighted by Gasteiger charge is 2.18. The van der Waals surface area contributed by atoms with E-state index in [4.69, 9.17) is 0 Å². The number of aliphatic hydroxyl groups is 1. The normalized spacial score (nSPS) is 14.4. The molecular weight excluding hydrogens is 224 g/mol. The van der Waals surface area contributed by atoms with Gasteiger partial charge in [-0.05, 0) is 42.2 Å². The van der Waals surface area contributed by atoms with E-state index in [1.54, 1.807) is 6.20 Å². The van der Waals surface area contributed by atoms with Crippen molar-refractivity contribution in [3.8, 4) is 0 Å². The van der Waals surface area contributed by atoms with Gasteiger partial charge in [-0.3, -0.25) is 0 Å². The van der Waals surface area contributed by atoms with Gasteiger partial charge in [0.15, 0.2) is 0 Å². The summed E-state index contributed by atoms with van der Waals surface area (Å²) in [6.45, 7) is 1.05. The number of hydrogen-bond acceptors (Lipinski definition) is 3. The van der Waals surface area contributed by atoms with Crippen LogP contribution in [0.1, 0.15) is 17.5 Å². The minimum Gasteiger partial charge on any atom is -0.392 e. The fourth-order valence-corrected chi connectivity index (χ4v) is 2.48. The van der Waals surface area contributed by atoms with E-state index in [-0.39, 0.29) is 6.61 Å². The lowest BCUT2D eigenvalue weighted by Crippen LogP contribution is -2.25. The third-order valence-electron chi connectivity index (χ3n) is 3.38. The van der Waals surface area contributed by atoms with Crippen molar-refractivity contribution < 1.29 is 5.11 Å². The van der Waals surface area contributed by atoms with Crippen LogP contribution in [0.2, 0.25) is 0 Å². The molecule has 18 heavy (non-hydrogen) atoms. The Morgan fingerprint density at radius 2 is 2.11 bits per heavy atom. The number of hydrogen-bond donors (Lipinski definition) is 1. The molecule has 1 aromatic carbocycles. The summed E-state index contributed by atoms with van der Waals surface area (Å²) >= 11 is 0. The van der Waals surface area contributed by atoms with E-state index < -0.39 is 0 Å². The summed E-state index contributed by atoms with van der Waals surface area (Å²) < 4.78 is 0. The Kier molecular flexibility index (Phi) is 2.99. The SMILES string of the molecule is OCc1ccnc(N2CCCc3ccccc32)c1. The fourth-order valence-electron chi connectivity index (χ4n) is 2.48. The van der Waals surface area contributed by atoms with Crippen molar-refractivity contribution in [2.75, 3.05) is 11.4 Å². The van der Waals surface area contributed by atoms with Crippen molar-refractivity contribution in [3.05, 3.63) is 53.7 Å². The maximum Gasteiger partial charge on any atom is 0.133 e. The van der Waals surface area contributed by atoms with E-state index in [0.717, 1.165) is 30.8 Å². The van der Waals surface area contributed by atoms with E-state index in [0.29, 0.717) is 0 Å². The average Bonchev–Trinajstić information content (AvgIpc) is 2.47. The third kappa shape index (κ3) is 1.97. The first-order valence-electron chi connectivity index (χ1n) is 6.30.